The average Bonchev–Trinajstić information content (AvgIpc) is 2.88. The van der Waals surface area contributed by atoms with Gasteiger partial charge < -0.3 is 15.2 Å². The molecule has 1 aliphatic rings. The first-order valence-electron chi connectivity index (χ1n) is 7.44. The van der Waals surface area contributed by atoms with Crippen LogP contribution in [-0.4, -0.2) is 23.6 Å². The number of carbonyl (C=O) groups excluding carboxylic acids is 1. The quantitative estimate of drug-likeness (QED) is 0.813. The minimum absolute atomic E-state index is 0.0695. The van der Waals surface area contributed by atoms with Crippen molar-refractivity contribution in [1.29, 1.82) is 0 Å². The number of halogens is 3. The summed E-state index contributed by atoms with van der Waals surface area (Å²) < 4.78 is 43.6. The molecule has 26 heavy (non-hydrogen) atoms. The second-order valence-electron chi connectivity index (χ2n) is 5.49. The number of benzene rings is 2. The molecular formula is C18H12F3NO4. The molecule has 0 saturated carbocycles. The first-order valence-corrected chi connectivity index (χ1v) is 7.44. The van der Waals surface area contributed by atoms with Crippen LogP contribution in [0.4, 0.5) is 18.9 Å². The Balaban J connectivity index is 1.99. The Morgan fingerprint density at radius 1 is 1.19 bits per heavy atom. The molecule has 5 nitrogen and oxygen atoms in total. The Hall–Kier alpha value is -3.29. The third-order valence-corrected chi connectivity index (χ3v) is 3.70. The topological polar surface area (TPSA) is 75.6 Å². The molecule has 1 amide bonds. The number of ether oxygens (including phenoxy) is 1. The molecular weight excluding hydrogens is 351 g/mol. The van der Waals surface area contributed by atoms with E-state index in [1.54, 1.807) is 18.2 Å². The van der Waals surface area contributed by atoms with Crippen molar-refractivity contribution in [2.45, 2.75) is 6.18 Å². The smallest absolute Gasteiger partial charge is 0.416 e. The highest BCUT2D eigenvalue weighted by Crippen LogP contribution is 2.39. The van der Waals surface area contributed by atoms with E-state index in [4.69, 9.17) is 9.84 Å². The molecule has 3 rings (SSSR count). The van der Waals surface area contributed by atoms with E-state index in [2.05, 4.69) is 5.32 Å². The molecule has 0 aromatic heterocycles. The highest BCUT2D eigenvalue weighted by Gasteiger charge is 2.33. The van der Waals surface area contributed by atoms with Gasteiger partial charge in [0, 0.05) is 22.4 Å². The molecule has 0 aliphatic carbocycles. The summed E-state index contributed by atoms with van der Waals surface area (Å²) in [5.41, 5.74) is 0.144. The van der Waals surface area contributed by atoms with Crippen molar-refractivity contribution in [3.63, 3.8) is 0 Å². The van der Waals surface area contributed by atoms with Crippen LogP contribution in [0.25, 0.3) is 11.6 Å². The van der Waals surface area contributed by atoms with Crippen molar-refractivity contribution in [2.75, 3.05) is 11.9 Å². The van der Waals surface area contributed by atoms with Gasteiger partial charge in [0.15, 0.2) is 6.61 Å². The fourth-order valence-electron chi connectivity index (χ4n) is 2.54. The van der Waals surface area contributed by atoms with Crippen LogP contribution in [0.2, 0.25) is 0 Å². The van der Waals surface area contributed by atoms with Gasteiger partial charge in [-0.05, 0) is 24.3 Å². The van der Waals surface area contributed by atoms with Gasteiger partial charge in [0.25, 0.3) is 5.91 Å². The van der Waals surface area contributed by atoms with Gasteiger partial charge in [-0.2, -0.15) is 13.2 Å². The van der Waals surface area contributed by atoms with Gasteiger partial charge >= 0.3 is 12.1 Å². The van der Waals surface area contributed by atoms with Crippen LogP contribution in [0.1, 0.15) is 16.7 Å². The Bertz CT molecular complexity index is 919. The van der Waals surface area contributed by atoms with Gasteiger partial charge in [0.1, 0.15) is 5.75 Å². The molecule has 0 fully saturated rings. The van der Waals surface area contributed by atoms with Crippen molar-refractivity contribution in [3.05, 3.63) is 59.2 Å². The van der Waals surface area contributed by atoms with E-state index in [0.29, 0.717) is 11.1 Å². The van der Waals surface area contributed by atoms with E-state index in [0.717, 1.165) is 12.1 Å². The van der Waals surface area contributed by atoms with Crippen LogP contribution in [0.5, 0.6) is 5.75 Å². The van der Waals surface area contributed by atoms with Gasteiger partial charge in [0.2, 0.25) is 0 Å². The summed E-state index contributed by atoms with van der Waals surface area (Å²) in [5.74, 6) is -1.46. The van der Waals surface area contributed by atoms with Crippen LogP contribution in [0, 0.1) is 0 Å². The van der Waals surface area contributed by atoms with Gasteiger partial charge in [0.05, 0.1) is 5.56 Å². The summed E-state index contributed by atoms with van der Waals surface area (Å²) in [6.07, 6.45) is -3.06. The lowest BCUT2D eigenvalue weighted by Crippen LogP contribution is -2.10. The van der Waals surface area contributed by atoms with E-state index in [9.17, 15) is 22.8 Å². The lowest BCUT2D eigenvalue weighted by molar-refractivity contribution is -0.139. The second-order valence-corrected chi connectivity index (χ2v) is 5.49. The number of hydrogen-bond donors (Lipinski definition) is 2. The molecule has 1 aliphatic heterocycles. The molecule has 0 bridgehead atoms. The number of rotatable bonds is 4. The maximum Gasteiger partial charge on any atom is 0.416 e. The fourth-order valence-corrected chi connectivity index (χ4v) is 2.54. The largest absolute Gasteiger partial charge is 0.481 e. The number of para-hydroxylation sites is 1. The highest BCUT2D eigenvalue weighted by atomic mass is 19.4. The predicted octanol–water partition coefficient (Wildman–Crippen LogP) is 3.66. The number of nitrogens with one attached hydrogen (secondary N) is 1. The predicted molar refractivity (Wildman–Crippen MR) is 87.5 cm³/mol. The number of alkyl halides is 3. The summed E-state index contributed by atoms with van der Waals surface area (Å²) >= 11 is 0. The summed E-state index contributed by atoms with van der Waals surface area (Å²) in [6, 6.07) is 9.46. The maximum absolute atomic E-state index is 12.8. The van der Waals surface area contributed by atoms with E-state index in [1.807, 2.05) is 0 Å². The Morgan fingerprint density at radius 2 is 1.92 bits per heavy atom. The number of carboxylic acids is 1. The van der Waals surface area contributed by atoms with Crippen LogP contribution in [0.15, 0.2) is 42.5 Å². The molecule has 0 saturated heterocycles. The van der Waals surface area contributed by atoms with E-state index in [1.165, 1.54) is 18.2 Å². The van der Waals surface area contributed by atoms with Crippen LogP contribution >= 0.6 is 0 Å². The number of anilines is 1. The number of hydrogen-bond acceptors (Lipinski definition) is 3. The highest BCUT2D eigenvalue weighted by molar-refractivity contribution is 6.35. The molecule has 134 valence electrons. The van der Waals surface area contributed by atoms with Crippen molar-refractivity contribution in [1.82, 2.24) is 0 Å². The number of fused-ring (bicyclic) bond motifs is 1. The normalized spacial score (nSPS) is 14.9. The van der Waals surface area contributed by atoms with E-state index in [-0.39, 0.29) is 17.0 Å². The van der Waals surface area contributed by atoms with Gasteiger partial charge in [-0.15, -0.1) is 0 Å². The molecule has 2 aromatic rings. The van der Waals surface area contributed by atoms with Gasteiger partial charge in [-0.1, -0.05) is 24.3 Å². The molecule has 0 atom stereocenters. The Kier molecular flexibility index (Phi) is 4.41. The number of aliphatic carboxylic acids is 1. The van der Waals surface area contributed by atoms with Crippen LogP contribution in [-0.2, 0) is 15.8 Å². The molecule has 1 heterocycles. The summed E-state index contributed by atoms with van der Waals surface area (Å²) in [4.78, 5) is 22.8. The molecule has 2 aromatic carbocycles. The summed E-state index contributed by atoms with van der Waals surface area (Å²) in [7, 11) is 0. The monoisotopic (exact) mass is 363 g/mol. The molecule has 0 unspecified atom stereocenters. The number of amides is 1. The van der Waals surface area contributed by atoms with Crippen molar-refractivity contribution >= 4 is 29.2 Å². The lowest BCUT2D eigenvalue weighted by Gasteiger charge is -2.09. The molecule has 0 spiro atoms. The van der Waals surface area contributed by atoms with Gasteiger partial charge in [-0.3, -0.25) is 4.79 Å². The summed E-state index contributed by atoms with van der Waals surface area (Å²) in [5, 5.41) is 11.1. The first kappa shape index (κ1) is 17.5. The average molecular weight is 363 g/mol. The minimum Gasteiger partial charge on any atom is -0.481 e. The first-order chi connectivity index (χ1) is 12.3. The maximum atomic E-state index is 12.8. The van der Waals surface area contributed by atoms with Crippen molar-refractivity contribution < 1.29 is 32.6 Å². The zero-order chi connectivity index (χ0) is 18.9. The SMILES string of the molecule is O=C(O)COc1ccccc1/C=C1\C(=O)Nc2cc(C(F)(F)F)ccc21. The lowest BCUT2D eigenvalue weighted by atomic mass is 10.0. The molecule has 2 N–H and O–H groups in total. The van der Waals surface area contributed by atoms with Crippen molar-refractivity contribution in [3.8, 4) is 5.75 Å². The molecule has 8 heteroatoms. The zero-order valence-electron chi connectivity index (χ0n) is 13.1. The Labute approximate surface area is 145 Å². The summed E-state index contributed by atoms with van der Waals surface area (Å²) in [6.45, 7) is -0.558. The standard InChI is InChI=1S/C18H12F3NO4/c19-18(20,21)11-5-6-12-13(17(25)22-14(12)8-11)7-10-3-1-2-4-15(10)26-9-16(23)24/h1-8H,9H2,(H,22,25)(H,23,24)/b13-7-. The minimum atomic E-state index is -4.51. The second kappa shape index (κ2) is 6.55. The van der Waals surface area contributed by atoms with Crippen LogP contribution in [0.3, 0.4) is 0 Å². The zero-order valence-corrected chi connectivity index (χ0v) is 13.1. The fraction of sp³-hybridized carbons (Fsp3) is 0.111. The number of carbonyl (C=O) groups is 2. The van der Waals surface area contributed by atoms with E-state index >= 15 is 0 Å². The Morgan fingerprint density at radius 3 is 2.62 bits per heavy atom. The number of carboxylic acid groups (broad SMARTS) is 1. The van der Waals surface area contributed by atoms with Crippen molar-refractivity contribution in [2.24, 2.45) is 0 Å². The van der Waals surface area contributed by atoms with Crippen LogP contribution < -0.4 is 10.1 Å². The third-order valence-electron chi connectivity index (χ3n) is 3.70. The molecule has 0 radical (unpaired) electrons. The van der Waals surface area contributed by atoms with E-state index < -0.39 is 30.2 Å². The third kappa shape index (κ3) is 3.53. The van der Waals surface area contributed by atoms with Gasteiger partial charge in [-0.25, -0.2) is 4.79 Å².